The Hall–Kier alpha value is -1.13. The lowest BCUT2D eigenvalue weighted by atomic mass is 10.1. The van der Waals surface area contributed by atoms with E-state index in [1.54, 1.807) is 19.1 Å². The molecule has 1 aromatic rings. The zero-order chi connectivity index (χ0) is 13.1. The van der Waals surface area contributed by atoms with Crippen LogP contribution < -0.4 is 9.47 Å². The molecule has 4 nitrogen and oxygen atoms in total. The maximum Gasteiger partial charge on any atom is 0.328 e. The molecule has 0 saturated carbocycles. The van der Waals surface area contributed by atoms with E-state index in [2.05, 4.69) is 0 Å². The molecule has 1 heterocycles. The van der Waals surface area contributed by atoms with Crippen molar-refractivity contribution in [2.45, 2.75) is 12.3 Å². The minimum absolute atomic E-state index is 0.278. The number of carbonyl (C=O) groups is 1. The first-order valence-corrected chi connectivity index (χ1v) is 6.34. The van der Waals surface area contributed by atoms with Crippen LogP contribution in [0.15, 0.2) is 12.1 Å². The zero-order valence-electron chi connectivity index (χ0n) is 9.74. The zero-order valence-corrected chi connectivity index (χ0v) is 11.3. The molecular weight excluding hydrogens is 279 g/mol. The Kier molecular flexibility index (Phi) is 4.19. The molecule has 0 amide bonds. The fourth-order valence-corrected chi connectivity index (χ4v) is 2.09. The van der Waals surface area contributed by atoms with Gasteiger partial charge in [-0.3, -0.25) is 4.79 Å². The molecular formula is C12H12Cl2O4. The van der Waals surface area contributed by atoms with Crippen molar-refractivity contribution in [2.75, 3.05) is 19.8 Å². The monoisotopic (exact) mass is 290 g/mol. The average Bonchev–Trinajstić information content (AvgIpc) is 2.38. The van der Waals surface area contributed by atoms with Crippen LogP contribution in [0.25, 0.3) is 0 Å². The first kappa shape index (κ1) is 13.3. The smallest absolute Gasteiger partial charge is 0.328 e. The molecule has 1 aliphatic rings. The molecule has 0 N–H and O–H groups in total. The number of rotatable bonds is 3. The van der Waals surface area contributed by atoms with Gasteiger partial charge in [0.2, 0.25) is 0 Å². The van der Waals surface area contributed by atoms with Crippen LogP contribution in [0.3, 0.4) is 0 Å². The summed E-state index contributed by atoms with van der Waals surface area (Å²) in [5, 5.41) is -0.532. The fourth-order valence-electron chi connectivity index (χ4n) is 1.63. The number of hydrogen-bond acceptors (Lipinski definition) is 4. The van der Waals surface area contributed by atoms with Crippen molar-refractivity contribution in [3.8, 4) is 11.5 Å². The standard InChI is InChI=1S/C12H12Cl2O4/c1-2-16-12(15)10(14)7-5-8(13)11-9(6-7)17-3-4-18-11/h5-6,10H,2-4H2,1H3. The van der Waals surface area contributed by atoms with Gasteiger partial charge >= 0.3 is 5.97 Å². The molecule has 0 spiro atoms. The summed E-state index contributed by atoms with van der Waals surface area (Å²) >= 11 is 12.1. The Morgan fingerprint density at radius 1 is 1.44 bits per heavy atom. The van der Waals surface area contributed by atoms with Gasteiger partial charge in [0.25, 0.3) is 0 Å². The van der Waals surface area contributed by atoms with Gasteiger partial charge in [-0.1, -0.05) is 11.6 Å². The number of halogens is 2. The van der Waals surface area contributed by atoms with Crippen molar-refractivity contribution in [1.82, 2.24) is 0 Å². The van der Waals surface area contributed by atoms with Crippen LogP contribution in [0.1, 0.15) is 17.9 Å². The van der Waals surface area contributed by atoms with Gasteiger partial charge in [-0.05, 0) is 24.6 Å². The van der Waals surface area contributed by atoms with Crippen molar-refractivity contribution >= 4 is 29.2 Å². The Labute approximate surface area is 115 Å². The topological polar surface area (TPSA) is 44.8 Å². The van der Waals surface area contributed by atoms with Crippen LogP contribution in [0, 0.1) is 0 Å². The third-order valence-electron chi connectivity index (χ3n) is 2.41. The number of hydrogen-bond donors (Lipinski definition) is 0. The van der Waals surface area contributed by atoms with Crippen molar-refractivity contribution in [1.29, 1.82) is 0 Å². The van der Waals surface area contributed by atoms with Gasteiger partial charge < -0.3 is 14.2 Å². The number of alkyl halides is 1. The molecule has 18 heavy (non-hydrogen) atoms. The van der Waals surface area contributed by atoms with Crippen LogP contribution in [-0.4, -0.2) is 25.8 Å². The molecule has 0 bridgehead atoms. The van der Waals surface area contributed by atoms with Crippen LogP contribution in [0.2, 0.25) is 5.02 Å². The van der Waals surface area contributed by atoms with E-state index < -0.39 is 11.3 Å². The van der Waals surface area contributed by atoms with E-state index in [0.29, 0.717) is 35.3 Å². The summed E-state index contributed by atoms with van der Waals surface area (Å²) < 4.78 is 15.7. The molecule has 1 atom stereocenters. The van der Waals surface area contributed by atoms with Gasteiger partial charge in [-0.15, -0.1) is 11.6 Å². The van der Waals surface area contributed by atoms with E-state index in [0.717, 1.165) is 0 Å². The highest BCUT2D eigenvalue weighted by Crippen LogP contribution is 2.40. The lowest BCUT2D eigenvalue weighted by Gasteiger charge is -2.21. The molecule has 1 unspecified atom stereocenters. The average molecular weight is 291 g/mol. The Balaban J connectivity index is 2.29. The lowest BCUT2D eigenvalue weighted by molar-refractivity contribution is -0.142. The molecule has 0 radical (unpaired) electrons. The van der Waals surface area contributed by atoms with Gasteiger partial charge in [-0.25, -0.2) is 0 Å². The van der Waals surface area contributed by atoms with Crippen LogP contribution in [0.4, 0.5) is 0 Å². The van der Waals surface area contributed by atoms with E-state index in [1.165, 1.54) is 0 Å². The third kappa shape index (κ3) is 2.65. The molecule has 6 heteroatoms. The third-order valence-corrected chi connectivity index (χ3v) is 3.12. The minimum atomic E-state index is -0.904. The van der Waals surface area contributed by atoms with E-state index in [1.807, 2.05) is 0 Å². The molecule has 0 fully saturated rings. The molecule has 0 aliphatic carbocycles. The second-order valence-electron chi connectivity index (χ2n) is 3.64. The fraction of sp³-hybridized carbons (Fsp3) is 0.417. The second-order valence-corrected chi connectivity index (χ2v) is 4.49. The summed E-state index contributed by atoms with van der Waals surface area (Å²) in [7, 11) is 0. The summed E-state index contributed by atoms with van der Waals surface area (Å²) in [6.07, 6.45) is 0. The van der Waals surface area contributed by atoms with E-state index in [9.17, 15) is 4.79 Å². The van der Waals surface area contributed by atoms with Crippen LogP contribution >= 0.6 is 23.2 Å². The molecule has 2 rings (SSSR count). The van der Waals surface area contributed by atoms with E-state index >= 15 is 0 Å². The van der Waals surface area contributed by atoms with Crippen LogP contribution in [-0.2, 0) is 9.53 Å². The largest absolute Gasteiger partial charge is 0.486 e. The summed E-state index contributed by atoms with van der Waals surface area (Å²) in [4.78, 5) is 11.6. The van der Waals surface area contributed by atoms with Crippen LogP contribution in [0.5, 0.6) is 11.5 Å². The van der Waals surface area contributed by atoms with Crippen molar-refractivity contribution in [3.63, 3.8) is 0 Å². The number of benzene rings is 1. The van der Waals surface area contributed by atoms with Gasteiger partial charge in [-0.2, -0.15) is 0 Å². The molecule has 0 aromatic heterocycles. The predicted octanol–water partition coefficient (Wildman–Crippen LogP) is 2.95. The molecule has 98 valence electrons. The number of esters is 1. The quantitative estimate of drug-likeness (QED) is 0.634. The molecule has 1 aromatic carbocycles. The van der Waals surface area contributed by atoms with Gasteiger partial charge in [0.1, 0.15) is 13.2 Å². The van der Waals surface area contributed by atoms with Crippen molar-refractivity contribution < 1.29 is 19.0 Å². The second kappa shape index (κ2) is 5.67. The number of fused-ring (bicyclic) bond motifs is 1. The first-order chi connectivity index (χ1) is 8.63. The summed E-state index contributed by atoms with van der Waals surface area (Å²) in [5.74, 6) is 0.477. The maximum atomic E-state index is 11.6. The maximum absolute atomic E-state index is 11.6. The summed E-state index contributed by atoms with van der Waals surface area (Å²) in [5.41, 5.74) is 0.532. The molecule has 0 saturated heterocycles. The van der Waals surface area contributed by atoms with Crippen molar-refractivity contribution in [2.24, 2.45) is 0 Å². The highest BCUT2D eigenvalue weighted by Gasteiger charge is 2.24. The van der Waals surface area contributed by atoms with Gasteiger partial charge in [0.05, 0.1) is 11.6 Å². The van der Waals surface area contributed by atoms with Gasteiger partial charge in [0.15, 0.2) is 16.9 Å². The lowest BCUT2D eigenvalue weighted by Crippen LogP contribution is -2.17. The highest BCUT2D eigenvalue weighted by atomic mass is 35.5. The Morgan fingerprint density at radius 2 is 2.17 bits per heavy atom. The van der Waals surface area contributed by atoms with E-state index in [4.69, 9.17) is 37.4 Å². The number of ether oxygens (including phenoxy) is 3. The SMILES string of the molecule is CCOC(=O)C(Cl)c1cc(Cl)c2c(c1)OCCO2. The normalized spacial score (nSPS) is 15.1. The first-order valence-electron chi connectivity index (χ1n) is 5.53. The number of carbonyl (C=O) groups excluding carboxylic acids is 1. The highest BCUT2D eigenvalue weighted by molar-refractivity contribution is 6.33. The Bertz CT molecular complexity index is 462. The Morgan fingerprint density at radius 3 is 2.89 bits per heavy atom. The molecule has 1 aliphatic heterocycles. The summed E-state index contributed by atoms with van der Waals surface area (Å²) in [6.45, 7) is 2.89. The predicted molar refractivity (Wildman–Crippen MR) is 67.7 cm³/mol. The van der Waals surface area contributed by atoms with Gasteiger partial charge in [0, 0.05) is 0 Å². The van der Waals surface area contributed by atoms with E-state index in [-0.39, 0.29) is 6.61 Å². The minimum Gasteiger partial charge on any atom is -0.486 e. The summed E-state index contributed by atoms with van der Waals surface area (Å²) in [6, 6.07) is 3.23. The van der Waals surface area contributed by atoms with Crippen molar-refractivity contribution in [3.05, 3.63) is 22.7 Å².